The Morgan fingerprint density at radius 2 is 1.72 bits per heavy atom. The summed E-state index contributed by atoms with van der Waals surface area (Å²) in [6, 6.07) is 11.4. The summed E-state index contributed by atoms with van der Waals surface area (Å²) in [4.78, 5) is 16.3. The molecule has 0 fully saturated rings. The lowest BCUT2D eigenvalue weighted by molar-refractivity contribution is 0.0466. The van der Waals surface area contributed by atoms with Crippen LogP contribution in [-0.4, -0.2) is 18.1 Å². The smallest absolute Gasteiger partial charge is 0.358 e. The monoisotopic (exact) mass is 820 g/mol. The molecule has 0 radical (unpaired) electrons. The number of anilines is 1. The predicted molar refractivity (Wildman–Crippen MR) is 150 cm³/mol. The first-order valence-electron chi connectivity index (χ1n) is 8.37. The SMILES string of the molecule is COc1c(Cl)ccc(-c2nc(C(=O)OCc3ccccc3)c(Cl)c(N)c2F)c1F.I.II. The lowest BCUT2D eigenvalue weighted by atomic mass is 10.1. The van der Waals surface area contributed by atoms with Gasteiger partial charge in [0.1, 0.15) is 12.3 Å². The molecule has 0 aliphatic rings. The minimum absolute atomic E-state index is 0. The number of hydrogen-bond acceptors (Lipinski definition) is 5. The van der Waals surface area contributed by atoms with Crippen molar-refractivity contribution >= 4 is 96.1 Å². The molecule has 0 aliphatic heterocycles. The number of nitrogens with zero attached hydrogens (tertiary/aromatic N) is 1. The lowest BCUT2D eigenvalue weighted by Gasteiger charge is -2.13. The minimum Gasteiger partial charge on any atom is -0.492 e. The maximum Gasteiger partial charge on any atom is 0.358 e. The molecule has 0 unspecified atom stereocenters. The number of benzene rings is 2. The summed E-state index contributed by atoms with van der Waals surface area (Å²) in [6.07, 6.45) is 0. The first-order valence-corrected chi connectivity index (χ1v) is 15.4. The number of methoxy groups -OCH3 is 1. The molecular weight excluding hydrogens is 806 g/mol. The molecule has 12 heteroatoms. The van der Waals surface area contributed by atoms with Crippen molar-refractivity contribution in [2.24, 2.45) is 0 Å². The molecule has 172 valence electrons. The van der Waals surface area contributed by atoms with Gasteiger partial charge < -0.3 is 15.2 Å². The zero-order chi connectivity index (χ0) is 23.1. The van der Waals surface area contributed by atoms with Gasteiger partial charge in [0.05, 0.1) is 22.8 Å². The summed E-state index contributed by atoms with van der Waals surface area (Å²) in [5.41, 5.74) is 4.58. The third kappa shape index (κ3) is 6.67. The van der Waals surface area contributed by atoms with E-state index < -0.39 is 39.7 Å². The molecular formula is C20H15Cl2F2I3N2O3. The van der Waals surface area contributed by atoms with Crippen LogP contribution >= 0.6 is 84.4 Å². The van der Waals surface area contributed by atoms with E-state index >= 15 is 0 Å². The number of nitrogens with two attached hydrogens (primary N) is 1. The van der Waals surface area contributed by atoms with Crippen LogP contribution in [0.15, 0.2) is 42.5 Å². The van der Waals surface area contributed by atoms with Crippen LogP contribution in [0.25, 0.3) is 11.3 Å². The first-order chi connectivity index (χ1) is 14.8. The van der Waals surface area contributed by atoms with Gasteiger partial charge in [0.2, 0.25) is 0 Å². The maximum absolute atomic E-state index is 14.7. The Balaban J connectivity index is 0.00000166. The van der Waals surface area contributed by atoms with Gasteiger partial charge in [-0.1, -0.05) is 53.5 Å². The van der Waals surface area contributed by atoms with Crippen molar-refractivity contribution in [1.29, 1.82) is 0 Å². The number of ether oxygens (including phenoxy) is 2. The predicted octanol–water partition coefficient (Wildman–Crippen LogP) is 7.67. The number of nitrogen functional groups attached to an aromatic ring is 1. The first kappa shape index (κ1) is 29.3. The van der Waals surface area contributed by atoms with Gasteiger partial charge in [0, 0.05) is 42.8 Å². The van der Waals surface area contributed by atoms with Gasteiger partial charge in [-0.3, -0.25) is 0 Å². The summed E-state index contributed by atoms with van der Waals surface area (Å²) >= 11 is 16.1. The Hall–Kier alpha value is -0.710. The second-order valence-electron chi connectivity index (χ2n) is 5.85. The highest BCUT2D eigenvalue weighted by molar-refractivity contribution is 15.0. The van der Waals surface area contributed by atoms with Crippen LogP contribution in [0.5, 0.6) is 5.75 Å². The highest BCUT2D eigenvalue weighted by Crippen LogP contribution is 2.38. The Labute approximate surface area is 233 Å². The fourth-order valence-electron chi connectivity index (χ4n) is 2.57. The Morgan fingerprint density at radius 1 is 1.09 bits per heavy atom. The quantitative estimate of drug-likeness (QED) is 0.212. The third-order valence-electron chi connectivity index (χ3n) is 4.03. The third-order valence-corrected chi connectivity index (χ3v) is 4.71. The van der Waals surface area contributed by atoms with Crippen molar-refractivity contribution in [2.75, 3.05) is 12.8 Å². The number of carbonyl (C=O) groups is 1. The highest BCUT2D eigenvalue weighted by Gasteiger charge is 2.26. The van der Waals surface area contributed by atoms with E-state index in [2.05, 4.69) is 42.2 Å². The molecule has 1 heterocycles. The van der Waals surface area contributed by atoms with E-state index in [1.807, 2.05) is 6.07 Å². The van der Waals surface area contributed by atoms with Crippen LogP contribution in [-0.2, 0) is 11.3 Å². The molecule has 5 nitrogen and oxygen atoms in total. The summed E-state index contributed by atoms with van der Waals surface area (Å²) < 4.78 is 39.5. The van der Waals surface area contributed by atoms with Gasteiger partial charge in [-0.15, -0.1) is 24.0 Å². The number of halogens is 7. The number of esters is 1. The second kappa shape index (κ2) is 13.9. The standard InChI is InChI=1S/C20H14Cl2F2N2O3.I2.HI/c1-28-19-12(21)8-7-11(14(19)23)17-15(24)16(25)13(22)18(26-17)20(27)29-9-10-5-3-2-4-6-10;1-2;/h2-8H,9H2,1H3,(H2,25,26);;1H. The van der Waals surface area contributed by atoms with E-state index in [1.165, 1.54) is 19.2 Å². The van der Waals surface area contributed by atoms with E-state index in [0.29, 0.717) is 0 Å². The Morgan fingerprint density at radius 3 is 2.31 bits per heavy atom. The van der Waals surface area contributed by atoms with Gasteiger partial charge in [-0.2, -0.15) is 0 Å². The van der Waals surface area contributed by atoms with Gasteiger partial charge in [-0.25, -0.2) is 18.6 Å². The van der Waals surface area contributed by atoms with Crippen molar-refractivity contribution in [3.8, 4) is 17.0 Å². The molecule has 0 aliphatic carbocycles. The zero-order valence-corrected chi connectivity index (χ0v) is 24.3. The fourth-order valence-corrected chi connectivity index (χ4v) is 2.99. The van der Waals surface area contributed by atoms with Crippen LogP contribution in [0.2, 0.25) is 10.0 Å². The second-order valence-corrected chi connectivity index (χ2v) is 6.64. The van der Waals surface area contributed by atoms with Gasteiger partial charge >= 0.3 is 5.97 Å². The molecule has 0 bridgehead atoms. The van der Waals surface area contributed by atoms with Gasteiger partial charge in [0.15, 0.2) is 23.1 Å². The van der Waals surface area contributed by atoms with Crippen molar-refractivity contribution in [3.05, 3.63) is 75.4 Å². The van der Waals surface area contributed by atoms with Crippen LogP contribution in [0.4, 0.5) is 14.5 Å². The highest BCUT2D eigenvalue weighted by atomic mass is 128. The molecule has 0 spiro atoms. The number of rotatable bonds is 5. The molecule has 0 atom stereocenters. The average molecular weight is 821 g/mol. The molecule has 0 saturated carbocycles. The normalized spacial score (nSPS) is 9.84. The number of aromatic nitrogens is 1. The molecule has 32 heavy (non-hydrogen) atoms. The van der Waals surface area contributed by atoms with Crippen LogP contribution in [0.3, 0.4) is 0 Å². The van der Waals surface area contributed by atoms with Gasteiger partial charge in [0.25, 0.3) is 0 Å². The summed E-state index contributed by atoms with van der Waals surface area (Å²) in [5.74, 6) is -3.28. The lowest BCUT2D eigenvalue weighted by Crippen LogP contribution is -2.12. The van der Waals surface area contributed by atoms with Crippen LogP contribution < -0.4 is 10.5 Å². The fraction of sp³-hybridized carbons (Fsp3) is 0.100. The summed E-state index contributed by atoms with van der Waals surface area (Å²) in [5, 5.41) is -0.441. The minimum atomic E-state index is -1.09. The Kier molecular flexibility index (Phi) is 12.7. The molecule has 2 N–H and O–H groups in total. The summed E-state index contributed by atoms with van der Waals surface area (Å²) in [7, 11) is 1.21. The maximum atomic E-state index is 14.7. The molecule has 3 rings (SSSR count). The number of carbonyl (C=O) groups excluding carboxylic acids is 1. The van der Waals surface area contributed by atoms with E-state index in [9.17, 15) is 13.6 Å². The van der Waals surface area contributed by atoms with E-state index in [-0.39, 0.29) is 46.9 Å². The van der Waals surface area contributed by atoms with Crippen molar-refractivity contribution in [1.82, 2.24) is 4.98 Å². The zero-order valence-electron chi connectivity index (χ0n) is 16.2. The molecule has 0 saturated heterocycles. The molecule has 1 aromatic heterocycles. The summed E-state index contributed by atoms with van der Waals surface area (Å²) in [6.45, 7) is -0.0621. The number of pyridine rings is 1. The Bertz CT molecular complexity index is 1090. The molecule has 0 amide bonds. The van der Waals surface area contributed by atoms with Crippen molar-refractivity contribution in [2.45, 2.75) is 6.61 Å². The van der Waals surface area contributed by atoms with Crippen LogP contribution in [0.1, 0.15) is 16.1 Å². The van der Waals surface area contributed by atoms with Gasteiger partial charge in [-0.05, 0) is 17.7 Å². The topological polar surface area (TPSA) is 74.4 Å². The van der Waals surface area contributed by atoms with E-state index in [1.54, 1.807) is 24.3 Å². The average Bonchev–Trinajstić information content (AvgIpc) is 2.79. The molecule has 2 aromatic carbocycles. The molecule has 3 aromatic rings. The van der Waals surface area contributed by atoms with Crippen molar-refractivity contribution in [3.63, 3.8) is 0 Å². The van der Waals surface area contributed by atoms with Crippen molar-refractivity contribution < 1.29 is 23.0 Å². The van der Waals surface area contributed by atoms with E-state index in [4.69, 9.17) is 38.4 Å². The van der Waals surface area contributed by atoms with Crippen LogP contribution in [0, 0.1) is 11.6 Å². The number of hydrogen-bond donors (Lipinski definition) is 1. The largest absolute Gasteiger partial charge is 0.492 e. The van der Waals surface area contributed by atoms with E-state index in [0.717, 1.165) is 5.56 Å².